The molecule has 0 atom stereocenters. The number of rotatable bonds is 3. The van der Waals surface area contributed by atoms with Gasteiger partial charge in [0.05, 0.1) is 6.54 Å². The summed E-state index contributed by atoms with van der Waals surface area (Å²) in [4.78, 5) is 4.18. The zero-order valence-corrected chi connectivity index (χ0v) is 9.81. The first-order chi connectivity index (χ1) is 8.31. The van der Waals surface area contributed by atoms with Crippen LogP contribution >= 0.6 is 0 Å². The summed E-state index contributed by atoms with van der Waals surface area (Å²) in [6.45, 7) is 2.48. The maximum absolute atomic E-state index is 4.94. The van der Waals surface area contributed by atoms with Gasteiger partial charge in [-0.15, -0.1) is 0 Å². The van der Waals surface area contributed by atoms with Crippen LogP contribution in [-0.2, 0) is 19.4 Å². The normalized spacial score (nSPS) is 15.1. The first kappa shape index (κ1) is 10.5. The highest BCUT2D eigenvalue weighted by molar-refractivity contribution is 5.33. The van der Waals surface area contributed by atoms with E-state index in [0.29, 0.717) is 18.5 Å². The van der Waals surface area contributed by atoms with Crippen molar-refractivity contribution < 1.29 is 4.52 Å². The van der Waals surface area contributed by atoms with Crippen LogP contribution in [0.25, 0.3) is 0 Å². The van der Waals surface area contributed by atoms with Gasteiger partial charge in [0.15, 0.2) is 5.82 Å². The lowest BCUT2D eigenvalue weighted by atomic mass is 10.1. The van der Waals surface area contributed by atoms with Gasteiger partial charge < -0.3 is 9.84 Å². The molecule has 0 saturated carbocycles. The van der Waals surface area contributed by atoms with Crippen molar-refractivity contribution >= 4 is 0 Å². The van der Waals surface area contributed by atoms with Crippen LogP contribution in [0.4, 0.5) is 0 Å². The number of hydrogen-bond donors (Lipinski definition) is 1. The van der Waals surface area contributed by atoms with E-state index < -0.39 is 0 Å². The molecule has 4 heteroatoms. The first-order valence-electron chi connectivity index (χ1n) is 5.90. The summed E-state index contributed by atoms with van der Waals surface area (Å²) in [7, 11) is 0. The number of hydrogen-bond acceptors (Lipinski definition) is 4. The van der Waals surface area contributed by atoms with Crippen LogP contribution in [0.1, 0.15) is 22.8 Å². The molecule has 0 fully saturated rings. The lowest BCUT2D eigenvalue weighted by Gasteiger charge is -2.09. The van der Waals surface area contributed by atoms with Gasteiger partial charge in [-0.2, -0.15) is 4.98 Å². The van der Waals surface area contributed by atoms with E-state index in [1.807, 2.05) is 6.92 Å². The van der Waals surface area contributed by atoms with Crippen molar-refractivity contribution in [1.29, 1.82) is 0 Å². The van der Waals surface area contributed by atoms with Crippen LogP contribution in [0.15, 0.2) is 28.8 Å². The molecule has 3 rings (SSSR count). The molecule has 1 aliphatic rings. The summed E-state index contributed by atoms with van der Waals surface area (Å²) in [6.07, 6.45) is 2.18. The topological polar surface area (TPSA) is 51.0 Å². The number of nitrogens with zero attached hydrogens (tertiary/aromatic N) is 2. The average Bonchev–Trinajstić information content (AvgIpc) is 2.91. The Labute approximate surface area is 100 Å². The molecular formula is C13H15N3O. The lowest BCUT2D eigenvalue weighted by Crippen LogP contribution is -2.29. The van der Waals surface area contributed by atoms with Crippen LogP contribution in [0, 0.1) is 6.92 Å². The molecule has 0 spiro atoms. The van der Waals surface area contributed by atoms with Gasteiger partial charge >= 0.3 is 0 Å². The average molecular weight is 229 g/mol. The van der Waals surface area contributed by atoms with Crippen molar-refractivity contribution in [2.75, 3.05) is 0 Å². The summed E-state index contributed by atoms with van der Waals surface area (Å²) >= 11 is 0. The van der Waals surface area contributed by atoms with Crippen LogP contribution in [0.5, 0.6) is 0 Å². The van der Waals surface area contributed by atoms with Gasteiger partial charge in [-0.1, -0.05) is 29.4 Å². The molecule has 2 aromatic rings. The Balaban J connectivity index is 1.59. The molecule has 0 unspecified atom stereocenters. The zero-order valence-electron chi connectivity index (χ0n) is 9.81. The summed E-state index contributed by atoms with van der Waals surface area (Å²) < 4.78 is 4.94. The Morgan fingerprint density at radius 3 is 2.59 bits per heavy atom. The molecule has 0 saturated heterocycles. The Bertz CT molecular complexity index is 496. The largest absolute Gasteiger partial charge is 0.340 e. The molecule has 1 aromatic carbocycles. The minimum atomic E-state index is 0.492. The summed E-state index contributed by atoms with van der Waals surface area (Å²) in [5.74, 6) is 1.36. The first-order valence-corrected chi connectivity index (χ1v) is 5.90. The Kier molecular flexibility index (Phi) is 2.65. The molecule has 17 heavy (non-hydrogen) atoms. The van der Waals surface area contributed by atoms with Crippen LogP contribution < -0.4 is 5.32 Å². The molecule has 4 nitrogen and oxygen atoms in total. The number of nitrogens with one attached hydrogen (secondary N) is 1. The predicted molar refractivity (Wildman–Crippen MR) is 63.5 cm³/mol. The van der Waals surface area contributed by atoms with Crippen LogP contribution in [0.2, 0.25) is 0 Å². The third-order valence-electron chi connectivity index (χ3n) is 3.17. The van der Waals surface area contributed by atoms with Gasteiger partial charge in [-0.25, -0.2) is 0 Å². The van der Waals surface area contributed by atoms with Crippen molar-refractivity contribution in [2.24, 2.45) is 0 Å². The Hall–Kier alpha value is -1.68. The second kappa shape index (κ2) is 4.30. The third-order valence-corrected chi connectivity index (χ3v) is 3.17. The Morgan fingerprint density at radius 2 is 2.00 bits per heavy atom. The fourth-order valence-corrected chi connectivity index (χ4v) is 2.35. The van der Waals surface area contributed by atoms with Crippen LogP contribution in [0.3, 0.4) is 0 Å². The van der Waals surface area contributed by atoms with E-state index in [1.165, 1.54) is 11.1 Å². The molecular weight excluding hydrogens is 214 g/mol. The molecule has 0 amide bonds. The molecule has 1 N–H and O–H groups in total. The number of benzene rings is 1. The molecule has 0 radical (unpaired) electrons. The number of aromatic nitrogens is 2. The number of aryl methyl sites for hydroxylation is 1. The zero-order chi connectivity index (χ0) is 11.7. The predicted octanol–water partition coefficient (Wildman–Crippen LogP) is 1.64. The quantitative estimate of drug-likeness (QED) is 0.869. The lowest BCUT2D eigenvalue weighted by molar-refractivity contribution is 0.383. The maximum Gasteiger partial charge on any atom is 0.223 e. The summed E-state index contributed by atoms with van der Waals surface area (Å²) in [5, 5.41) is 7.35. The molecule has 0 bridgehead atoms. The summed E-state index contributed by atoms with van der Waals surface area (Å²) in [5.41, 5.74) is 2.91. The van der Waals surface area contributed by atoms with Crippen molar-refractivity contribution in [1.82, 2.24) is 15.5 Å². The highest BCUT2D eigenvalue weighted by Gasteiger charge is 2.20. The second-order valence-electron chi connectivity index (χ2n) is 4.48. The van der Waals surface area contributed by atoms with E-state index in [2.05, 4.69) is 39.7 Å². The van der Waals surface area contributed by atoms with Crippen molar-refractivity contribution in [2.45, 2.75) is 32.4 Å². The maximum atomic E-state index is 4.94. The molecule has 1 aliphatic carbocycles. The van der Waals surface area contributed by atoms with Gasteiger partial charge in [-0.3, -0.25) is 0 Å². The Morgan fingerprint density at radius 1 is 1.29 bits per heavy atom. The van der Waals surface area contributed by atoms with Crippen molar-refractivity contribution in [3.05, 3.63) is 47.1 Å². The van der Waals surface area contributed by atoms with Crippen LogP contribution in [-0.4, -0.2) is 16.2 Å². The van der Waals surface area contributed by atoms with Gasteiger partial charge in [0.25, 0.3) is 0 Å². The monoisotopic (exact) mass is 229 g/mol. The highest BCUT2D eigenvalue weighted by Crippen LogP contribution is 2.21. The minimum Gasteiger partial charge on any atom is -0.340 e. The van der Waals surface area contributed by atoms with Gasteiger partial charge in [0.2, 0.25) is 5.89 Å². The molecule has 0 aliphatic heterocycles. The smallest absolute Gasteiger partial charge is 0.223 e. The second-order valence-corrected chi connectivity index (χ2v) is 4.48. The van der Waals surface area contributed by atoms with E-state index in [-0.39, 0.29) is 0 Å². The van der Waals surface area contributed by atoms with E-state index in [4.69, 9.17) is 4.52 Å². The number of fused-ring (bicyclic) bond motifs is 1. The SMILES string of the molecule is Cc1nc(CNC2Cc3ccccc3C2)no1. The van der Waals surface area contributed by atoms with Crippen molar-refractivity contribution in [3.63, 3.8) is 0 Å². The van der Waals surface area contributed by atoms with E-state index in [9.17, 15) is 0 Å². The molecule has 1 aromatic heterocycles. The van der Waals surface area contributed by atoms with E-state index in [0.717, 1.165) is 18.7 Å². The fraction of sp³-hybridized carbons (Fsp3) is 0.385. The van der Waals surface area contributed by atoms with Gasteiger partial charge in [0.1, 0.15) is 0 Å². The summed E-state index contributed by atoms with van der Waals surface area (Å²) in [6, 6.07) is 9.10. The fourth-order valence-electron chi connectivity index (χ4n) is 2.35. The third kappa shape index (κ3) is 2.22. The highest BCUT2D eigenvalue weighted by atomic mass is 16.5. The standard InChI is InChI=1S/C13H15N3O/c1-9-15-13(16-17-9)8-14-12-6-10-4-2-3-5-11(10)7-12/h2-5,12,14H,6-8H2,1H3. The molecule has 88 valence electrons. The van der Waals surface area contributed by atoms with Gasteiger partial charge in [0, 0.05) is 13.0 Å². The van der Waals surface area contributed by atoms with E-state index in [1.54, 1.807) is 0 Å². The van der Waals surface area contributed by atoms with Crippen molar-refractivity contribution in [3.8, 4) is 0 Å². The van der Waals surface area contributed by atoms with E-state index >= 15 is 0 Å². The van der Waals surface area contributed by atoms with Gasteiger partial charge in [-0.05, 0) is 24.0 Å². The molecule has 1 heterocycles. The minimum absolute atomic E-state index is 0.492.